The van der Waals surface area contributed by atoms with Gasteiger partial charge in [-0.15, -0.1) is 0 Å². The number of halogens is 2. The first-order valence-corrected chi connectivity index (χ1v) is 11.6. The smallest absolute Gasteiger partial charge is 0.174 e. The predicted molar refractivity (Wildman–Crippen MR) is 136 cm³/mol. The number of rotatable bonds is 4. The Morgan fingerprint density at radius 3 is 2.53 bits per heavy atom. The zero-order chi connectivity index (χ0) is 24.0. The van der Waals surface area contributed by atoms with Crippen LogP contribution in [0.3, 0.4) is 0 Å². The molecular formula is C26H22ClFN4OS. The van der Waals surface area contributed by atoms with E-state index in [4.69, 9.17) is 23.8 Å². The summed E-state index contributed by atoms with van der Waals surface area (Å²) in [6, 6.07) is 18.6. The fourth-order valence-electron chi connectivity index (χ4n) is 4.69. The molecule has 2 atom stereocenters. The number of phenols is 1. The van der Waals surface area contributed by atoms with Crippen molar-refractivity contribution in [3.8, 4) is 11.4 Å². The lowest BCUT2D eigenvalue weighted by atomic mass is 9.96. The van der Waals surface area contributed by atoms with Crippen molar-refractivity contribution >= 4 is 34.6 Å². The normalized spacial score (nSPS) is 17.8. The van der Waals surface area contributed by atoms with E-state index in [9.17, 15) is 9.50 Å². The molecule has 0 spiro atoms. The van der Waals surface area contributed by atoms with Crippen LogP contribution in [-0.2, 0) is 0 Å². The van der Waals surface area contributed by atoms with E-state index < -0.39 is 0 Å². The Morgan fingerprint density at radius 1 is 1.06 bits per heavy atom. The van der Waals surface area contributed by atoms with Crippen LogP contribution in [0, 0.1) is 19.7 Å². The lowest BCUT2D eigenvalue weighted by Gasteiger charge is -2.28. The molecule has 2 N–H and O–H groups in total. The van der Waals surface area contributed by atoms with Gasteiger partial charge in [0.25, 0.3) is 0 Å². The van der Waals surface area contributed by atoms with Crippen LogP contribution < -0.4 is 10.2 Å². The number of phenolic OH excluding ortho intramolecular Hbond substituents is 1. The van der Waals surface area contributed by atoms with Gasteiger partial charge >= 0.3 is 0 Å². The maximum atomic E-state index is 13.6. The van der Waals surface area contributed by atoms with Crippen molar-refractivity contribution in [2.24, 2.45) is 0 Å². The van der Waals surface area contributed by atoms with Crippen molar-refractivity contribution in [3.63, 3.8) is 0 Å². The highest BCUT2D eigenvalue weighted by molar-refractivity contribution is 7.80. The zero-order valence-corrected chi connectivity index (χ0v) is 20.1. The molecule has 2 aromatic heterocycles. The first-order valence-electron chi connectivity index (χ1n) is 10.8. The first-order chi connectivity index (χ1) is 16.3. The summed E-state index contributed by atoms with van der Waals surface area (Å²) < 4.78 is 15.7. The van der Waals surface area contributed by atoms with Crippen LogP contribution in [0.5, 0.6) is 5.75 Å². The number of nitrogens with one attached hydrogen (secondary N) is 1. The molecule has 3 heterocycles. The van der Waals surface area contributed by atoms with Crippen LogP contribution >= 0.6 is 23.8 Å². The summed E-state index contributed by atoms with van der Waals surface area (Å²) in [6.45, 7) is 4.04. The van der Waals surface area contributed by atoms with Crippen molar-refractivity contribution < 1.29 is 9.50 Å². The Kier molecular flexibility index (Phi) is 5.75. The molecule has 1 fully saturated rings. The molecule has 172 valence electrons. The summed E-state index contributed by atoms with van der Waals surface area (Å²) in [5, 5.41) is 15.1. The number of nitrogens with zero attached hydrogens (tertiary/aromatic N) is 3. The molecule has 4 aromatic rings. The van der Waals surface area contributed by atoms with Crippen molar-refractivity contribution in [3.05, 3.63) is 106 Å². The van der Waals surface area contributed by atoms with Crippen molar-refractivity contribution in [2.45, 2.75) is 25.9 Å². The second kappa shape index (κ2) is 8.74. The second-order valence-electron chi connectivity index (χ2n) is 8.27. The Hall–Kier alpha value is -3.42. The van der Waals surface area contributed by atoms with Crippen LogP contribution in [0.15, 0.2) is 72.9 Å². The van der Waals surface area contributed by atoms with E-state index >= 15 is 0 Å². The molecule has 34 heavy (non-hydrogen) atoms. The molecule has 0 amide bonds. The van der Waals surface area contributed by atoms with Crippen LogP contribution in [-0.4, -0.2) is 19.8 Å². The van der Waals surface area contributed by atoms with Crippen LogP contribution in [0.1, 0.15) is 34.7 Å². The van der Waals surface area contributed by atoms with Gasteiger partial charge in [0.15, 0.2) is 5.11 Å². The third kappa shape index (κ3) is 3.81. The van der Waals surface area contributed by atoms with Gasteiger partial charge in [0.1, 0.15) is 11.6 Å². The molecule has 2 aromatic carbocycles. The number of aromatic nitrogens is 2. The fraction of sp³-hybridized carbons (Fsp3) is 0.154. The van der Waals surface area contributed by atoms with Gasteiger partial charge in [0, 0.05) is 28.3 Å². The maximum Gasteiger partial charge on any atom is 0.174 e. The molecule has 2 unspecified atom stereocenters. The average molecular weight is 493 g/mol. The van der Waals surface area contributed by atoms with Gasteiger partial charge in [-0.25, -0.2) is 4.39 Å². The highest BCUT2D eigenvalue weighted by Crippen LogP contribution is 2.46. The lowest BCUT2D eigenvalue weighted by Crippen LogP contribution is -2.29. The van der Waals surface area contributed by atoms with E-state index in [1.165, 1.54) is 12.1 Å². The maximum absolute atomic E-state index is 13.6. The van der Waals surface area contributed by atoms with Gasteiger partial charge in [-0.05, 0) is 92.3 Å². The number of hydrogen-bond donors (Lipinski definition) is 2. The van der Waals surface area contributed by atoms with Crippen LogP contribution in [0.4, 0.5) is 10.1 Å². The molecule has 0 radical (unpaired) electrons. The quantitative estimate of drug-likeness (QED) is 0.334. The highest BCUT2D eigenvalue weighted by Gasteiger charge is 2.43. The summed E-state index contributed by atoms with van der Waals surface area (Å²) in [6.07, 6.45) is 1.75. The topological polar surface area (TPSA) is 53.3 Å². The monoisotopic (exact) mass is 492 g/mol. The van der Waals surface area contributed by atoms with E-state index in [1.807, 2.05) is 36.9 Å². The van der Waals surface area contributed by atoms with Crippen molar-refractivity contribution in [2.75, 3.05) is 4.90 Å². The Bertz CT molecular complexity index is 1370. The molecule has 5 rings (SSSR count). The van der Waals surface area contributed by atoms with Gasteiger partial charge in [0.05, 0.1) is 23.5 Å². The highest BCUT2D eigenvalue weighted by atomic mass is 35.5. The Balaban J connectivity index is 1.70. The number of aryl methyl sites for hydroxylation is 1. The fourth-order valence-corrected chi connectivity index (χ4v) is 5.20. The van der Waals surface area contributed by atoms with E-state index in [1.54, 1.807) is 36.5 Å². The van der Waals surface area contributed by atoms with Gasteiger partial charge in [0.2, 0.25) is 0 Å². The van der Waals surface area contributed by atoms with E-state index in [-0.39, 0.29) is 23.7 Å². The molecule has 0 aliphatic carbocycles. The first kappa shape index (κ1) is 22.4. The molecule has 5 nitrogen and oxygen atoms in total. The number of pyridine rings is 1. The zero-order valence-electron chi connectivity index (χ0n) is 18.5. The SMILES string of the molecule is Cc1cc(C2C(c3ccccn3)NC(=S)N2c2cc(Cl)ccc2O)c(C)n1-c1ccc(F)cc1. The summed E-state index contributed by atoms with van der Waals surface area (Å²) in [5.74, 6) is -0.206. The molecule has 1 aliphatic heterocycles. The van der Waals surface area contributed by atoms with Crippen molar-refractivity contribution in [1.82, 2.24) is 14.9 Å². The lowest BCUT2D eigenvalue weighted by molar-refractivity contribution is 0.472. The number of thiocarbonyl (C=S) groups is 1. The van der Waals surface area contributed by atoms with Crippen molar-refractivity contribution in [1.29, 1.82) is 0 Å². The molecule has 0 saturated carbocycles. The molecule has 8 heteroatoms. The number of benzene rings is 2. The predicted octanol–water partition coefficient (Wildman–Crippen LogP) is 6.16. The molecule has 0 bridgehead atoms. The van der Waals surface area contributed by atoms with Gasteiger partial charge in [-0.1, -0.05) is 17.7 Å². The van der Waals surface area contributed by atoms with E-state index in [2.05, 4.69) is 20.9 Å². The summed E-state index contributed by atoms with van der Waals surface area (Å²) >= 11 is 12.0. The summed E-state index contributed by atoms with van der Waals surface area (Å²) in [4.78, 5) is 6.48. The third-order valence-corrected chi connectivity index (χ3v) is 6.72. The average Bonchev–Trinajstić information content (AvgIpc) is 3.32. The minimum absolute atomic E-state index is 0.0764. The van der Waals surface area contributed by atoms with E-state index in [0.717, 1.165) is 28.3 Å². The molecule has 1 saturated heterocycles. The van der Waals surface area contributed by atoms with Crippen LogP contribution in [0.25, 0.3) is 5.69 Å². The molecule has 1 aliphatic rings. The number of aromatic hydroxyl groups is 1. The standard InChI is InChI=1S/C26H22ClFN4OS/c1-15-13-20(16(2)31(15)19-9-7-18(28)8-10-19)25-24(21-5-3-4-12-29-21)30-26(34)32(25)22-14-17(27)6-11-23(22)33/h3-14,24-25,33H,1-2H3,(H,30,34). The number of hydrogen-bond acceptors (Lipinski definition) is 3. The summed E-state index contributed by atoms with van der Waals surface area (Å²) in [7, 11) is 0. The Morgan fingerprint density at radius 2 is 1.82 bits per heavy atom. The largest absolute Gasteiger partial charge is 0.506 e. The minimum Gasteiger partial charge on any atom is -0.506 e. The molecular weight excluding hydrogens is 471 g/mol. The third-order valence-electron chi connectivity index (χ3n) is 6.17. The minimum atomic E-state index is -0.313. The van der Waals surface area contributed by atoms with Crippen LogP contribution in [0.2, 0.25) is 5.02 Å². The second-order valence-corrected chi connectivity index (χ2v) is 9.09. The van der Waals surface area contributed by atoms with Gasteiger partial charge < -0.3 is 19.9 Å². The van der Waals surface area contributed by atoms with Gasteiger partial charge in [-0.3, -0.25) is 4.98 Å². The van der Waals surface area contributed by atoms with Gasteiger partial charge in [-0.2, -0.15) is 0 Å². The Labute approximate surface area is 207 Å². The number of anilines is 1. The van der Waals surface area contributed by atoms with E-state index in [0.29, 0.717) is 15.8 Å². The summed E-state index contributed by atoms with van der Waals surface area (Å²) in [5.41, 5.74) is 5.18.